The fourth-order valence-electron chi connectivity index (χ4n) is 3.52. The largest absolute Gasteiger partial charge is 0.0623 e. The van der Waals surface area contributed by atoms with Crippen molar-refractivity contribution in [3.63, 3.8) is 0 Å². The molecule has 0 bridgehead atoms. The third-order valence-corrected chi connectivity index (χ3v) is 6.28. The summed E-state index contributed by atoms with van der Waals surface area (Å²) in [7, 11) is 0. The van der Waals surface area contributed by atoms with Crippen molar-refractivity contribution in [1.29, 1.82) is 0 Å². The van der Waals surface area contributed by atoms with Gasteiger partial charge in [-0.1, -0.05) is 67.2 Å². The predicted octanol–water partition coefficient (Wildman–Crippen LogP) is 6.45. The third-order valence-electron chi connectivity index (χ3n) is 6.28. The first-order chi connectivity index (χ1) is 8.30. The van der Waals surface area contributed by atoms with Crippen LogP contribution in [0.1, 0.15) is 92.9 Å². The standard InChI is InChI=1S/2C9H18/c2*1-8(2)9(3)6-4-5-7-9/h2*8H,4-7H2,1-3H3. The Morgan fingerprint density at radius 2 is 0.778 bits per heavy atom. The molecule has 0 aromatic rings. The topological polar surface area (TPSA) is 0 Å². The minimum absolute atomic E-state index is 0.694. The van der Waals surface area contributed by atoms with Crippen molar-refractivity contribution in [2.45, 2.75) is 92.9 Å². The van der Waals surface area contributed by atoms with Crippen LogP contribution in [0, 0.1) is 22.7 Å². The molecular formula is C18H36. The first-order valence-electron chi connectivity index (χ1n) is 8.30. The Bertz CT molecular complexity index is 198. The molecule has 0 nitrogen and oxygen atoms in total. The molecule has 0 aromatic heterocycles. The van der Waals surface area contributed by atoms with Crippen LogP contribution in [-0.2, 0) is 0 Å². The van der Waals surface area contributed by atoms with E-state index in [4.69, 9.17) is 0 Å². The van der Waals surface area contributed by atoms with Crippen LogP contribution < -0.4 is 0 Å². The van der Waals surface area contributed by atoms with Gasteiger partial charge in [-0.25, -0.2) is 0 Å². The van der Waals surface area contributed by atoms with Gasteiger partial charge in [0, 0.05) is 0 Å². The van der Waals surface area contributed by atoms with Crippen molar-refractivity contribution in [1.82, 2.24) is 0 Å². The lowest BCUT2D eigenvalue weighted by Gasteiger charge is -2.27. The van der Waals surface area contributed by atoms with E-state index in [-0.39, 0.29) is 0 Å². The van der Waals surface area contributed by atoms with E-state index in [9.17, 15) is 0 Å². The van der Waals surface area contributed by atoms with Crippen LogP contribution >= 0.6 is 0 Å². The molecular weight excluding hydrogens is 216 g/mol. The summed E-state index contributed by atoms with van der Waals surface area (Å²) in [6, 6.07) is 0. The van der Waals surface area contributed by atoms with E-state index in [1.165, 1.54) is 51.4 Å². The zero-order valence-electron chi connectivity index (χ0n) is 13.8. The second-order valence-corrected chi connectivity index (χ2v) is 8.03. The normalized spacial score (nSPS) is 25.3. The average Bonchev–Trinajstić information content (AvgIpc) is 2.90. The van der Waals surface area contributed by atoms with E-state index in [2.05, 4.69) is 41.5 Å². The molecule has 0 atom stereocenters. The molecule has 0 radical (unpaired) electrons. The predicted molar refractivity (Wildman–Crippen MR) is 82.8 cm³/mol. The zero-order chi connectivity index (χ0) is 13.8. The Morgan fingerprint density at radius 1 is 0.556 bits per heavy atom. The molecule has 0 aliphatic heterocycles. The Labute approximate surface area is 116 Å². The van der Waals surface area contributed by atoms with Crippen molar-refractivity contribution in [2.75, 3.05) is 0 Å². The van der Waals surface area contributed by atoms with Crippen LogP contribution in [0.3, 0.4) is 0 Å². The van der Waals surface area contributed by atoms with Gasteiger partial charge in [-0.15, -0.1) is 0 Å². The zero-order valence-corrected chi connectivity index (χ0v) is 13.8. The van der Waals surface area contributed by atoms with Gasteiger partial charge in [-0.2, -0.15) is 0 Å². The molecule has 0 spiro atoms. The van der Waals surface area contributed by atoms with Gasteiger partial charge in [-0.05, 0) is 48.3 Å². The van der Waals surface area contributed by atoms with Gasteiger partial charge in [0.25, 0.3) is 0 Å². The lowest BCUT2D eigenvalue weighted by Crippen LogP contribution is -2.18. The summed E-state index contributed by atoms with van der Waals surface area (Å²) < 4.78 is 0. The van der Waals surface area contributed by atoms with Crippen molar-refractivity contribution in [3.8, 4) is 0 Å². The second kappa shape index (κ2) is 6.44. The summed E-state index contributed by atoms with van der Waals surface area (Å²) >= 11 is 0. The smallest absolute Gasteiger partial charge is 0.0303 e. The molecule has 2 rings (SSSR count). The molecule has 0 saturated heterocycles. The van der Waals surface area contributed by atoms with Crippen LogP contribution in [-0.4, -0.2) is 0 Å². The fraction of sp³-hybridized carbons (Fsp3) is 1.00. The molecule has 2 fully saturated rings. The van der Waals surface area contributed by atoms with E-state index in [0.717, 1.165) is 11.8 Å². The molecule has 0 heteroatoms. The van der Waals surface area contributed by atoms with Crippen molar-refractivity contribution in [2.24, 2.45) is 22.7 Å². The van der Waals surface area contributed by atoms with Gasteiger partial charge < -0.3 is 0 Å². The highest BCUT2D eigenvalue weighted by molar-refractivity contribution is 4.83. The van der Waals surface area contributed by atoms with Gasteiger partial charge in [0.05, 0.1) is 0 Å². The summed E-state index contributed by atoms with van der Waals surface area (Å²) in [4.78, 5) is 0. The van der Waals surface area contributed by atoms with E-state index >= 15 is 0 Å². The first-order valence-corrected chi connectivity index (χ1v) is 8.30. The van der Waals surface area contributed by atoms with Crippen LogP contribution in [0.15, 0.2) is 0 Å². The molecule has 0 amide bonds. The molecule has 2 aliphatic rings. The van der Waals surface area contributed by atoms with Crippen LogP contribution in [0.5, 0.6) is 0 Å². The molecule has 18 heavy (non-hydrogen) atoms. The second-order valence-electron chi connectivity index (χ2n) is 8.03. The molecule has 0 heterocycles. The van der Waals surface area contributed by atoms with Crippen LogP contribution in [0.4, 0.5) is 0 Å². The molecule has 2 aliphatic carbocycles. The van der Waals surface area contributed by atoms with Crippen molar-refractivity contribution < 1.29 is 0 Å². The highest BCUT2D eigenvalue weighted by atomic mass is 14.4. The molecule has 2 saturated carbocycles. The quantitative estimate of drug-likeness (QED) is 0.530. The Morgan fingerprint density at radius 3 is 0.889 bits per heavy atom. The first kappa shape index (κ1) is 16.1. The number of rotatable bonds is 2. The summed E-state index contributed by atoms with van der Waals surface area (Å²) in [6.45, 7) is 14.3. The molecule has 108 valence electrons. The van der Waals surface area contributed by atoms with Gasteiger partial charge in [0.2, 0.25) is 0 Å². The van der Waals surface area contributed by atoms with Crippen LogP contribution in [0.2, 0.25) is 0 Å². The number of hydrogen-bond donors (Lipinski definition) is 0. The third kappa shape index (κ3) is 4.00. The summed E-state index contributed by atoms with van der Waals surface area (Å²) in [5.41, 5.74) is 1.39. The molecule has 0 aromatic carbocycles. The lowest BCUT2D eigenvalue weighted by molar-refractivity contribution is 0.228. The summed E-state index contributed by atoms with van der Waals surface area (Å²) in [5, 5.41) is 0. The Hall–Kier alpha value is 0. The minimum atomic E-state index is 0.694. The average molecular weight is 252 g/mol. The highest BCUT2D eigenvalue weighted by Crippen LogP contribution is 2.44. The Balaban J connectivity index is 0.000000180. The number of hydrogen-bond acceptors (Lipinski definition) is 0. The SMILES string of the molecule is CC(C)C1(C)CCCC1.CC(C)C1(C)CCCC1. The van der Waals surface area contributed by atoms with Gasteiger partial charge in [0.15, 0.2) is 0 Å². The summed E-state index contributed by atoms with van der Waals surface area (Å²) in [6.07, 6.45) is 11.7. The lowest BCUT2D eigenvalue weighted by atomic mass is 9.78. The van der Waals surface area contributed by atoms with Gasteiger partial charge in [0.1, 0.15) is 0 Å². The minimum Gasteiger partial charge on any atom is -0.0623 e. The van der Waals surface area contributed by atoms with Crippen molar-refractivity contribution >= 4 is 0 Å². The highest BCUT2D eigenvalue weighted by Gasteiger charge is 2.31. The summed E-state index contributed by atoms with van der Waals surface area (Å²) in [5.74, 6) is 1.78. The maximum absolute atomic E-state index is 2.44. The maximum Gasteiger partial charge on any atom is -0.0303 e. The van der Waals surface area contributed by atoms with Crippen LogP contribution in [0.25, 0.3) is 0 Å². The van der Waals surface area contributed by atoms with Gasteiger partial charge in [-0.3, -0.25) is 0 Å². The molecule has 0 unspecified atom stereocenters. The Kier molecular flexibility index (Phi) is 5.74. The fourth-order valence-corrected chi connectivity index (χ4v) is 3.52. The monoisotopic (exact) mass is 252 g/mol. The molecule has 0 N–H and O–H groups in total. The van der Waals surface area contributed by atoms with Gasteiger partial charge >= 0.3 is 0 Å². The maximum atomic E-state index is 2.44. The van der Waals surface area contributed by atoms with E-state index < -0.39 is 0 Å². The van der Waals surface area contributed by atoms with E-state index in [1.807, 2.05) is 0 Å². The van der Waals surface area contributed by atoms with Crippen molar-refractivity contribution in [3.05, 3.63) is 0 Å². The van der Waals surface area contributed by atoms with E-state index in [1.54, 1.807) is 0 Å². The van der Waals surface area contributed by atoms with E-state index in [0.29, 0.717) is 10.8 Å².